The summed E-state index contributed by atoms with van der Waals surface area (Å²) >= 11 is 0. The molecule has 0 rings (SSSR count). The molecule has 0 aliphatic carbocycles. The van der Waals surface area contributed by atoms with Crippen molar-refractivity contribution in [3.05, 3.63) is 23.0 Å². The fraction of sp³-hybridized carbons (Fsp3) is 0.889. The molecule has 0 nitrogen and oxygen atoms in total. The molecule has 0 saturated carbocycles. The molecule has 0 spiro atoms. The van der Waals surface area contributed by atoms with Gasteiger partial charge in [0.1, 0.15) is 0 Å². The number of hydrogen-bond donors (Lipinski definition) is 0. The molecule has 1 atom stereocenters. The van der Waals surface area contributed by atoms with Crippen molar-refractivity contribution in [3.8, 4) is 0 Å². The average Bonchev–Trinajstić information content (AvgIpc) is 2.91. The van der Waals surface area contributed by atoms with Crippen molar-refractivity contribution in [2.24, 2.45) is 0 Å². The van der Waals surface area contributed by atoms with E-state index >= 15 is 0 Å². The first-order valence-electron chi connectivity index (χ1n) is 17.7. The summed E-state index contributed by atoms with van der Waals surface area (Å²) in [6, 6.07) is 1.53. The van der Waals surface area contributed by atoms with Gasteiger partial charge in [-0.2, -0.15) is 0 Å². The highest BCUT2D eigenvalue weighted by Crippen LogP contribution is 2.22. The highest BCUT2D eigenvalue weighted by Gasteiger charge is 2.13. The predicted octanol–water partition coefficient (Wildman–Crippen LogP) is 13.4. The minimum Gasteiger partial charge on any atom is -0.0972 e. The summed E-state index contributed by atoms with van der Waals surface area (Å²) in [5, 5.41) is 1.94. The Morgan fingerprint density at radius 2 is 0.838 bits per heavy atom. The van der Waals surface area contributed by atoms with Crippen LogP contribution in [0.4, 0.5) is 0 Å². The van der Waals surface area contributed by atoms with Gasteiger partial charge in [0, 0.05) is 0 Å². The van der Waals surface area contributed by atoms with Crippen molar-refractivity contribution >= 4 is 8.80 Å². The number of rotatable bonds is 30. The van der Waals surface area contributed by atoms with E-state index in [1.165, 1.54) is 179 Å². The molecule has 0 aromatic rings. The lowest BCUT2D eigenvalue weighted by Crippen LogP contribution is -2.14. The summed E-state index contributed by atoms with van der Waals surface area (Å²) in [6.07, 6.45) is 43.8. The number of allylic oxidation sites excluding steroid dienone is 3. The van der Waals surface area contributed by atoms with E-state index in [-0.39, 0.29) is 0 Å². The van der Waals surface area contributed by atoms with Gasteiger partial charge in [0.15, 0.2) is 0 Å². The van der Waals surface area contributed by atoms with E-state index in [4.69, 9.17) is 0 Å². The van der Waals surface area contributed by atoms with Crippen LogP contribution in [0.15, 0.2) is 23.0 Å². The normalized spacial score (nSPS) is 13.1. The SMILES string of the molecule is CCCCCCC=C[SiH](CCCCCCCCCC)C(=CCCCCCCCC)CCCCCCCC. The van der Waals surface area contributed by atoms with E-state index in [1.54, 1.807) is 0 Å². The molecule has 220 valence electrons. The fourth-order valence-electron chi connectivity index (χ4n) is 5.61. The Morgan fingerprint density at radius 3 is 1.38 bits per heavy atom. The summed E-state index contributed by atoms with van der Waals surface area (Å²) in [7, 11) is -0.932. The van der Waals surface area contributed by atoms with E-state index in [0.29, 0.717) is 0 Å². The second-order valence-corrected chi connectivity index (χ2v) is 14.9. The van der Waals surface area contributed by atoms with Gasteiger partial charge in [-0.15, -0.1) is 0 Å². The molecule has 0 N–H and O–H groups in total. The van der Waals surface area contributed by atoms with Gasteiger partial charge in [0.05, 0.1) is 8.80 Å². The zero-order chi connectivity index (χ0) is 27.1. The quantitative estimate of drug-likeness (QED) is 0.0637. The van der Waals surface area contributed by atoms with Gasteiger partial charge >= 0.3 is 0 Å². The second-order valence-electron chi connectivity index (χ2n) is 12.0. The third kappa shape index (κ3) is 27.1. The summed E-state index contributed by atoms with van der Waals surface area (Å²) in [5.41, 5.74) is 2.79. The lowest BCUT2D eigenvalue weighted by atomic mass is 10.1. The molecule has 0 amide bonds. The first-order chi connectivity index (χ1) is 18.3. The molecule has 0 fully saturated rings. The third-order valence-corrected chi connectivity index (χ3v) is 11.5. The smallest absolute Gasteiger partial charge is 0.0881 e. The maximum absolute atomic E-state index is 2.79. The Labute approximate surface area is 238 Å². The lowest BCUT2D eigenvalue weighted by Gasteiger charge is -2.17. The van der Waals surface area contributed by atoms with E-state index in [0.717, 1.165) is 0 Å². The molecule has 0 saturated heterocycles. The summed E-state index contributed by atoms with van der Waals surface area (Å²) < 4.78 is 0. The van der Waals surface area contributed by atoms with Crippen molar-refractivity contribution in [1.29, 1.82) is 0 Å². The van der Waals surface area contributed by atoms with Gasteiger partial charge in [0.2, 0.25) is 0 Å². The molecule has 1 heteroatoms. The van der Waals surface area contributed by atoms with E-state index in [2.05, 4.69) is 45.5 Å². The van der Waals surface area contributed by atoms with Crippen LogP contribution in [0.3, 0.4) is 0 Å². The predicted molar refractivity (Wildman–Crippen MR) is 177 cm³/mol. The Hall–Kier alpha value is -0.303. The maximum atomic E-state index is 2.79. The number of unbranched alkanes of at least 4 members (excludes halogenated alkanes) is 22. The zero-order valence-corrected chi connectivity index (χ0v) is 27.8. The van der Waals surface area contributed by atoms with Gasteiger partial charge in [-0.3, -0.25) is 0 Å². The van der Waals surface area contributed by atoms with Crippen LogP contribution in [0.1, 0.15) is 201 Å². The van der Waals surface area contributed by atoms with Crippen LogP contribution < -0.4 is 0 Å². The molecule has 0 aliphatic heterocycles. The highest BCUT2D eigenvalue weighted by molar-refractivity contribution is 6.71. The van der Waals surface area contributed by atoms with Crippen LogP contribution in [0.5, 0.6) is 0 Å². The van der Waals surface area contributed by atoms with Gasteiger partial charge in [-0.25, -0.2) is 0 Å². The molecular formula is C36H72Si. The van der Waals surface area contributed by atoms with Crippen LogP contribution in [-0.2, 0) is 0 Å². The average molecular weight is 533 g/mol. The van der Waals surface area contributed by atoms with Crippen LogP contribution >= 0.6 is 0 Å². The fourth-order valence-corrected chi connectivity index (χ4v) is 8.72. The van der Waals surface area contributed by atoms with Gasteiger partial charge in [-0.05, 0) is 38.5 Å². The molecule has 0 bridgehead atoms. The van der Waals surface area contributed by atoms with Gasteiger partial charge in [-0.1, -0.05) is 192 Å². The molecule has 0 aromatic heterocycles. The molecule has 0 aromatic carbocycles. The molecule has 0 radical (unpaired) electrons. The minimum absolute atomic E-state index is 0.932. The topological polar surface area (TPSA) is 0 Å². The van der Waals surface area contributed by atoms with Crippen LogP contribution in [0, 0.1) is 0 Å². The zero-order valence-electron chi connectivity index (χ0n) is 26.6. The van der Waals surface area contributed by atoms with Crippen LogP contribution in [-0.4, -0.2) is 8.80 Å². The highest BCUT2D eigenvalue weighted by atomic mass is 28.3. The lowest BCUT2D eigenvalue weighted by molar-refractivity contribution is 0.584. The van der Waals surface area contributed by atoms with Crippen molar-refractivity contribution in [2.45, 2.75) is 207 Å². The van der Waals surface area contributed by atoms with E-state index < -0.39 is 8.80 Å². The maximum Gasteiger partial charge on any atom is 0.0881 e. The van der Waals surface area contributed by atoms with E-state index in [1.807, 2.05) is 5.20 Å². The number of hydrogen-bond acceptors (Lipinski definition) is 0. The van der Waals surface area contributed by atoms with Crippen LogP contribution in [0.2, 0.25) is 6.04 Å². The van der Waals surface area contributed by atoms with Crippen molar-refractivity contribution in [1.82, 2.24) is 0 Å². The third-order valence-electron chi connectivity index (χ3n) is 8.22. The van der Waals surface area contributed by atoms with Crippen LogP contribution in [0.25, 0.3) is 0 Å². The van der Waals surface area contributed by atoms with Gasteiger partial charge < -0.3 is 0 Å². The molecule has 37 heavy (non-hydrogen) atoms. The Bertz CT molecular complexity index is 477. The summed E-state index contributed by atoms with van der Waals surface area (Å²) in [6.45, 7) is 9.31. The Balaban J connectivity index is 4.90. The molecule has 1 unspecified atom stereocenters. The van der Waals surface area contributed by atoms with Crippen molar-refractivity contribution < 1.29 is 0 Å². The monoisotopic (exact) mass is 533 g/mol. The standard InChI is InChI=1S/C36H72Si/c1-5-9-13-17-21-23-27-31-35-37(34-30-26-20-16-12-8-4)36(32-28-24-19-15-11-7-3)33-29-25-22-18-14-10-6-2/h30,33-34,37H,5-29,31-32,35H2,1-4H3. The van der Waals surface area contributed by atoms with Crippen molar-refractivity contribution in [2.75, 3.05) is 0 Å². The summed E-state index contributed by atoms with van der Waals surface area (Å²) in [4.78, 5) is 0. The second kappa shape index (κ2) is 31.9. The largest absolute Gasteiger partial charge is 0.0972 e. The molecular weight excluding hydrogens is 460 g/mol. The Kier molecular flexibility index (Phi) is 31.7. The van der Waals surface area contributed by atoms with Crippen molar-refractivity contribution in [3.63, 3.8) is 0 Å². The minimum atomic E-state index is -0.932. The molecule has 0 heterocycles. The summed E-state index contributed by atoms with van der Waals surface area (Å²) in [5.74, 6) is 0. The first-order valence-corrected chi connectivity index (χ1v) is 19.7. The van der Waals surface area contributed by atoms with Gasteiger partial charge in [0.25, 0.3) is 0 Å². The molecule has 0 aliphatic rings. The van der Waals surface area contributed by atoms with E-state index in [9.17, 15) is 0 Å². The first kappa shape index (κ1) is 36.7. The Morgan fingerprint density at radius 1 is 0.432 bits per heavy atom.